The van der Waals surface area contributed by atoms with Crippen molar-refractivity contribution in [1.82, 2.24) is 9.55 Å². The van der Waals surface area contributed by atoms with E-state index in [1.807, 2.05) is 29.0 Å². The molecule has 0 radical (unpaired) electrons. The minimum absolute atomic E-state index is 0.251. The van der Waals surface area contributed by atoms with E-state index in [4.69, 9.17) is 39.5 Å². The molecule has 0 aliphatic rings. The first-order valence-electron chi connectivity index (χ1n) is 7.91. The Labute approximate surface area is 166 Å². The summed E-state index contributed by atoms with van der Waals surface area (Å²) in [6.07, 6.45) is 4.93. The van der Waals surface area contributed by atoms with Crippen LogP contribution in [0, 0.1) is 5.82 Å². The molecule has 0 spiro atoms. The Kier molecular flexibility index (Phi) is 6.20. The molecule has 0 aliphatic carbocycles. The summed E-state index contributed by atoms with van der Waals surface area (Å²) in [6, 6.07) is 13.5. The number of benzene rings is 2. The lowest BCUT2D eigenvalue weighted by Gasteiger charge is -2.21. The van der Waals surface area contributed by atoms with Crippen LogP contribution in [0.2, 0.25) is 0 Å². The minimum atomic E-state index is -1.53. The molecule has 0 bridgehead atoms. The molecule has 0 N–H and O–H groups in total. The van der Waals surface area contributed by atoms with E-state index in [-0.39, 0.29) is 18.5 Å². The van der Waals surface area contributed by atoms with Crippen molar-refractivity contribution in [2.24, 2.45) is 0 Å². The van der Waals surface area contributed by atoms with Crippen molar-refractivity contribution in [2.75, 3.05) is 0 Å². The van der Waals surface area contributed by atoms with Gasteiger partial charge in [0.1, 0.15) is 11.9 Å². The van der Waals surface area contributed by atoms with Crippen LogP contribution in [0.5, 0.6) is 0 Å². The van der Waals surface area contributed by atoms with Gasteiger partial charge in [0.25, 0.3) is 0 Å². The average Bonchev–Trinajstić information content (AvgIpc) is 3.12. The lowest BCUT2D eigenvalue weighted by atomic mass is 10.1. The predicted molar refractivity (Wildman–Crippen MR) is 102 cm³/mol. The second-order valence-corrected chi connectivity index (χ2v) is 8.05. The maximum absolute atomic E-state index is 13.3. The fraction of sp³-hybridized carbons (Fsp3) is 0.211. The number of halogens is 4. The molecule has 1 aromatic heterocycles. The van der Waals surface area contributed by atoms with Crippen LogP contribution in [0.1, 0.15) is 22.8 Å². The van der Waals surface area contributed by atoms with Crippen molar-refractivity contribution in [3.8, 4) is 0 Å². The second-order valence-electron chi connectivity index (χ2n) is 5.77. The molecule has 26 heavy (non-hydrogen) atoms. The fourth-order valence-electron chi connectivity index (χ4n) is 2.63. The van der Waals surface area contributed by atoms with E-state index in [0.29, 0.717) is 12.1 Å². The SMILES string of the molecule is Fc1ccc(C(Cn2ccnc2)OCc2ccccc2C(Cl)(Cl)Cl)cc1. The molecule has 136 valence electrons. The summed E-state index contributed by atoms with van der Waals surface area (Å²) in [5.74, 6) is -0.295. The summed E-state index contributed by atoms with van der Waals surface area (Å²) in [7, 11) is 0. The molecule has 0 saturated carbocycles. The molecule has 1 atom stereocenters. The molecular weight excluding hydrogens is 398 g/mol. The van der Waals surface area contributed by atoms with Gasteiger partial charge in [0.05, 0.1) is 19.5 Å². The second kappa shape index (κ2) is 8.40. The van der Waals surface area contributed by atoms with Gasteiger partial charge in [-0.25, -0.2) is 9.37 Å². The third-order valence-corrected chi connectivity index (χ3v) is 4.55. The fourth-order valence-corrected chi connectivity index (χ4v) is 3.18. The van der Waals surface area contributed by atoms with E-state index < -0.39 is 3.79 Å². The highest BCUT2D eigenvalue weighted by Crippen LogP contribution is 2.40. The highest BCUT2D eigenvalue weighted by atomic mass is 35.6. The maximum Gasteiger partial charge on any atom is 0.216 e. The lowest BCUT2D eigenvalue weighted by molar-refractivity contribution is 0.0276. The zero-order valence-electron chi connectivity index (χ0n) is 13.7. The number of aromatic nitrogens is 2. The Morgan fingerprint density at radius 2 is 1.81 bits per heavy atom. The molecular formula is C19H16Cl3FN2O. The Bertz CT molecular complexity index is 833. The summed E-state index contributed by atoms with van der Waals surface area (Å²) < 4.78 is 19.7. The van der Waals surface area contributed by atoms with Crippen LogP contribution in [0.25, 0.3) is 0 Å². The van der Waals surface area contributed by atoms with Crippen molar-refractivity contribution in [3.63, 3.8) is 0 Å². The standard InChI is InChI=1S/C19H16Cl3FN2O/c20-19(21,22)17-4-2-1-3-15(17)12-26-18(11-25-10-9-24-13-25)14-5-7-16(23)8-6-14/h1-10,13,18H,11-12H2. The zero-order valence-corrected chi connectivity index (χ0v) is 15.9. The van der Waals surface area contributed by atoms with Crippen LogP contribution < -0.4 is 0 Å². The highest BCUT2D eigenvalue weighted by Gasteiger charge is 2.26. The van der Waals surface area contributed by atoms with Gasteiger partial charge in [-0.2, -0.15) is 0 Å². The normalized spacial score (nSPS) is 12.9. The largest absolute Gasteiger partial charge is 0.367 e. The molecule has 2 aromatic carbocycles. The van der Waals surface area contributed by atoms with Gasteiger partial charge >= 0.3 is 0 Å². The Hall–Kier alpha value is -1.59. The van der Waals surface area contributed by atoms with E-state index in [1.54, 1.807) is 30.7 Å². The van der Waals surface area contributed by atoms with E-state index in [0.717, 1.165) is 11.1 Å². The first-order chi connectivity index (χ1) is 12.4. The highest BCUT2D eigenvalue weighted by molar-refractivity contribution is 6.66. The van der Waals surface area contributed by atoms with Crippen molar-refractivity contribution in [3.05, 3.63) is 89.8 Å². The summed E-state index contributed by atoms with van der Waals surface area (Å²) in [5.41, 5.74) is 2.21. The van der Waals surface area contributed by atoms with Crippen LogP contribution in [0.15, 0.2) is 67.3 Å². The lowest BCUT2D eigenvalue weighted by Crippen LogP contribution is -2.14. The molecule has 7 heteroatoms. The Balaban J connectivity index is 1.81. The van der Waals surface area contributed by atoms with Crippen LogP contribution >= 0.6 is 34.8 Å². The molecule has 1 unspecified atom stereocenters. The number of hydrogen-bond donors (Lipinski definition) is 0. The first kappa shape index (κ1) is 19.2. The van der Waals surface area contributed by atoms with E-state index in [2.05, 4.69) is 4.98 Å². The van der Waals surface area contributed by atoms with Crippen LogP contribution in [0.4, 0.5) is 4.39 Å². The predicted octanol–water partition coefficient (Wildman–Crippen LogP) is 5.81. The quantitative estimate of drug-likeness (QED) is 0.477. The van der Waals surface area contributed by atoms with Gasteiger partial charge in [-0.3, -0.25) is 0 Å². The van der Waals surface area contributed by atoms with Crippen molar-refractivity contribution in [2.45, 2.75) is 23.0 Å². The molecule has 3 rings (SSSR count). The van der Waals surface area contributed by atoms with Crippen LogP contribution in [-0.2, 0) is 21.7 Å². The van der Waals surface area contributed by atoms with E-state index >= 15 is 0 Å². The molecule has 0 amide bonds. The average molecular weight is 414 g/mol. The smallest absolute Gasteiger partial charge is 0.216 e. The molecule has 0 fully saturated rings. The summed E-state index contributed by atoms with van der Waals surface area (Å²) >= 11 is 18.1. The summed E-state index contributed by atoms with van der Waals surface area (Å²) in [5, 5.41) is 0. The van der Waals surface area contributed by atoms with Gasteiger partial charge in [0.15, 0.2) is 0 Å². The van der Waals surface area contributed by atoms with Gasteiger partial charge in [-0.15, -0.1) is 0 Å². The number of imidazole rings is 1. The number of hydrogen-bond acceptors (Lipinski definition) is 2. The third-order valence-electron chi connectivity index (χ3n) is 3.94. The topological polar surface area (TPSA) is 27.1 Å². The minimum Gasteiger partial charge on any atom is -0.367 e. The monoisotopic (exact) mass is 412 g/mol. The number of ether oxygens (including phenoxy) is 1. The number of rotatable bonds is 6. The van der Waals surface area contributed by atoms with Gasteiger partial charge in [0, 0.05) is 18.0 Å². The first-order valence-corrected chi connectivity index (χ1v) is 9.05. The van der Waals surface area contributed by atoms with E-state index in [1.165, 1.54) is 12.1 Å². The maximum atomic E-state index is 13.3. The number of alkyl halides is 3. The number of nitrogens with zero attached hydrogens (tertiary/aromatic N) is 2. The van der Waals surface area contributed by atoms with Gasteiger partial charge in [0.2, 0.25) is 3.79 Å². The van der Waals surface area contributed by atoms with E-state index in [9.17, 15) is 4.39 Å². The van der Waals surface area contributed by atoms with Gasteiger partial charge in [-0.1, -0.05) is 71.2 Å². The molecule has 3 nitrogen and oxygen atoms in total. The molecule has 3 aromatic rings. The van der Waals surface area contributed by atoms with Crippen LogP contribution in [-0.4, -0.2) is 9.55 Å². The van der Waals surface area contributed by atoms with Crippen LogP contribution in [0.3, 0.4) is 0 Å². The Morgan fingerprint density at radius 3 is 2.46 bits per heavy atom. The van der Waals surface area contributed by atoms with Crippen molar-refractivity contribution < 1.29 is 9.13 Å². The zero-order chi connectivity index (χ0) is 18.6. The summed E-state index contributed by atoms with van der Waals surface area (Å²) in [6.45, 7) is 0.780. The Morgan fingerprint density at radius 1 is 1.08 bits per heavy atom. The molecule has 0 aliphatic heterocycles. The van der Waals surface area contributed by atoms with Crippen molar-refractivity contribution in [1.29, 1.82) is 0 Å². The summed E-state index contributed by atoms with van der Waals surface area (Å²) in [4.78, 5) is 4.04. The third kappa shape index (κ3) is 4.98. The van der Waals surface area contributed by atoms with Gasteiger partial charge in [-0.05, 0) is 23.3 Å². The van der Waals surface area contributed by atoms with Crippen molar-refractivity contribution >= 4 is 34.8 Å². The molecule has 1 heterocycles. The molecule has 0 saturated heterocycles. The van der Waals surface area contributed by atoms with Gasteiger partial charge < -0.3 is 9.30 Å².